The molecule has 1 aromatic rings. The van der Waals surface area contributed by atoms with E-state index in [-0.39, 0.29) is 0 Å². The fraction of sp³-hybridized carbons (Fsp3) is 0.429. The fourth-order valence-electron chi connectivity index (χ4n) is 1.54. The first-order valence-electron chi connectivity index (χ1n) is 6.44. The van der Waals surface area contributed by atoms with Crippen LogP contribution in [-0.4, -0.2) is 43.9 Å². The van der Waals surface area contributed by atoms with E-state index in [4.69, 9.17) is 11.6 Å². The summed E-state index contributed by atoms with van der Waals surface area (Å²) in [5.74, 6) is -1.22. The minimum Gasteiger partial charge on any atom is -0.348 e. The van der Waals surface area contributed by atoms with Crippen LogP contribution in [-0.2, 0) is 16.1 Å². The summed E-state index contributed by atoms with van der Waals surface area (Å²) in [5, 5.41) is 5.79. The standard InChI is InChI=1S/C14H20ClN3O2/c1-18(2)9-3-8-16-13(19)14(20)17-10-11-4-6-12(15)7-5-11/h4-7H,3,8-10H2,1-2H3,(H,16,19)(H,17,20). The number of benzene rings is 1. The minimum atomic E-state index is -0.621. The van der Waals surface area contributed by atoms with Crippen molar-refractivity contribution in [1.82, 2.24) is 15.5 Å². The largest absolute Gasteiger partial charge is 0.348 e. The van der Waals surface area contributed by atoms with Crippen molar-refractivity contribution >= 4 is 23.4 Å². The van der Waals surface area contributed by atoms with Gasteiger partial charge in [-0.3, -0.25) is 9.59 Å². The molecule has 0 saturated carbocycles. The molecule has 0 radical (unpaired) electrons. The van der Waals surface area contributed by atoms with Gasteiger partial charge in [0.05, 0.1) is 0 Å². The molecule has 110 valence electrons. The summed E-state index contributed by atoms with van der Waals surface area (Å²) in [6.45, 7) is 1.67. The smallest absolute Gasteiger partial charge is 0.309 e. The lowest BCUT2D eigenvalue weighted by atomic mass is 10.2. The van der Waals surface area contributed by atoms with E-state index in [9.17, 15) is 9.59 Å². The molecule has 0 bridgehead atoms. The highest BCUT2D eigenvalue weighted by Crippen LogP contribution is 2.08. The van der Waals surface area contributed by atoms with E-state index in [1.165, 1.54) is 0 Å². The average molecular weight is 298 g/mol. The van der Waals surface area contributed by atoms with E-state index in [1.807, 2.05) is 19.0 Å². The summed E-state index contributed by atoms with van der Waals surface area (Å²) >= 11 is 5.76. The minimum absolute atomic E-state index is 0.307. The summed E-state index contributed by atoms with van der Waals surface area (Å²) in [6, 6.07) is 7.09. The third-order valence-electron chi connectivity index (χ3n) is 2.64. The molecule has 2 amide bonds. The van der Waals surface area contributed by atoms with Crippen molar-refractivity contribution in [2.45, 2.75) is 13.0 Å². The zero-order valence-electron chi connectivity index (χ0n) is 11.8. The summed E-state index contributed by atoms with van der Waals surface area (Å²) in [7, 11) is 3.92. The van der Waals surface area contributed by atoms with E-state index in [1.54, 1.807) is 24.3 Å². The molecule has 0 atom stereocenters. The number of halogens is 1. The molecule has 0 aliphatic carbocycles. The molecule has 0 aliphatic rings. The summed E-state index contributed by atoms with van der Waals surface area (Å²) in [4.78, 5) is 25.1. The van der Waals surface area contributed by atoms with Crippen LogP contribution in [0.4, 0.5) is 0 Å². The normalized spacial score (nSPS) is 10.4. The van der Waals surface area contributed by atoms with E-state index in [2.05, 4.69) is 10.6 Å². The highest BCUT2D eigenvalue weighted by Gasteiger charge is 2.11. The van der Waals surface area contributed by atoms with Crippen LogP contribution >= 0.6 is 11.6 Å². The van der Waals surface area contributed by atoms with Crippen molar-refractivity contribution in [2.75, 3.05) is 27.2 Å². The molecule has 1 aromatic carbocycles. The lowest BCUT2D eigenvalue weighted by Crippen LogP contribution is -2.40. The Labute approximate surface area is 124 Å². The van der Waals surface area contributed by atoms with Gasteiger partial charge in [-0.1, -0.05) is 23.7 Å². The van der Waals surface area contributed by atoms with Crippen LogP contribution in [0.3, 0.4) is 0 Å². The number of nitrogens with one attached hydrogen (secondary N) is 2. The predicted molar refractivity (Wildman–Crippen MR) is 79.5 cm³/mol. The Morgan fingerprint density at radius 1 is 1.10 bits per heavy atom. The van der Waals surface area contributed by atoms with Crippen molar-refractivity contribution in [3.8, 4) is 0 Å². The Morgan fingerprint density at radius 3 is 2.30 bits per heavy atom. The molecular weight excluding hydrogens is 278 g/mol. The molecule has 0 saturated heterocycles. The molecule has 0 fully saturated rings. The van der Waals surface area contributed by atoms with Crippen LogP contribution in [0.25, 0.3) is 0 Å². The van der Waals surface area contributed by atoms with Gasteiger partial charge in [-0.2, -0.15) is 0 Å². The van der Waals surface area contributed by atoms with Crippen LogP contribution in [0.5, 0.6) is 0 Å². The first-order chi connectivity index (χ1) is 9.49. The predicted octanol–water partition coefficient (Wildman–Crippen LogP) is 1.02. The number of rotatable bonds is 6. The third kappa shape index (κ3) is 6.54. The molecule has 0 spiro atoms. The second kappa shape index (κ2) is 8.55. The van der Waals surface area contributed by atoms with Gasteiger partial charge in [-0.15, -0.1) is 0 Å². The van der Waals surface area contributed by atoms with Gasteiger partial charge in [0.2, 0.25) is 0 Å². The van der Waals surface area contributed by atoms with E-state index >= 15 is 0 Å². The summed E-state index contributed by atoms with van der Waals surface area (Å²) in [6.07, 6.45) is 0.809. The first-order valence-corrected chi connectivity index (χ1v) is 6.82. The van der Waals surface area contributed by atoms with Gasteiger partial charge >= 0.3 is 11.8 Å². The van der Waals surface area contributed by atoms with Crippen molar-refractivity contribution in [3.63, 3.8) is 0 Å². The Bertz CT molecular complexity index is 446. The highest BCUT2D eigenvalue weighted by atomic mass is 35.5. The maximum absolute atomic E-state index is 11.6. The van der Waals surface area contributed by atoms with Crippen molar-refractivity contribution in [1.29, 1.82) is 0 Å². The summed E-state index contributed by atoms with van der Waals surface area (Å²) < 4.78 is 0. The van der Waals surface area contributed by atoms with Crippen LogP contribution in [0, 0.1) is 0 Å². The Hall–Kier alpha value is -1.59. The SMILES string of the molecule is CN(C)CCCNC(=O)C(=O)NCc1ccc(Cl)cc1. The van der Waals surface area contributed by atoms with Gasteiger partial charge in [0, 0.05) is 18.1 Å². The topological polar surface area (TPSA) is 61.4 Å². The molecule has 0 heterocycles. The molecule has 0 aliphatic heterocycles. The van der Waals surface area contributed by atoms with Crippen molar-refractivity contribution in [2.24, 2.45) is 0 Å². The maximum atomic E-state index is 11.6. The van der Waals surface area contributed by atoms with Crippen LogP contribution < -0.4 is 10.6 Å². The second-order valence-electron chi connectivity index (χ2n) is 4.72. The van der Waals surface area contributed by atoms with Gasteiger partial charge in [0.1, 0.15) is 0 Å². The van der Waals surface area contributed by atoms with E-state index < -0.39 is 11.8 Å². The van der Waals surface area contributed by atoms with Crippen molar-refractivity contribution < 1.29 is 9.59 Å². The van der Waals surface area contributed by atoms with Crippen molar-refractivity contribution in [3.05, 3.63) is 34.9 Å². The first kappa shape index (κ1) is 16.5. The molecule has 0 unspecified atom stereocenters. The quantitative estimate of drug-likeness (QED) is 0.609. The number of hydrogen-bond donors (Lipinski definition) is 2. The highest BCUT2D eigenvalue weighted by molar-refractivity contribution is 6.35. The Kier molecular flexibility index (Phi) is 7.04. The van der Waals surface area contributed by atoms with Gasteiger partial charge in [0.15, 0.2) is 0 Å². The van der Waals surface area contributed by atoms with E-state index in [0.717, 1.165) is 18.5 Å². The molecule has 6 heteroatoms. The molecule has 5 nitrogen and oxygen atoms in total. The van der Waals surface area contributed by atoms with Crippen LogP contribution in [0.15, 0.2) is 24.3 Å². The molecule has 2 N–H and O–H groups in total. The number of carbonyl (C=O) groups is 2. The third-order valence-corrected chi connectivity index (χ3v) is 2.89. The molecule has 20 heavy (non-hydrogen) atoms. The van der Waals surface area contributed by atoms with Crippen LogP contribution in [0.1, 0.15) is 12.0 Å². The zero-order valence-corrected chi connectivity index (χ0v) is 12.5. The maximum Gasteiger partial charge on any atom is 0.309 e. The van der Waals surface area contributed by atoms with Crippen LogP contribution in [0.2, 0.25) is 5.02 Å². The van der Waals surface area contributed by atoms with E-state index in [0.29, 0.717) is 18.1 Å². The zero-order chi connectivity index (χ0) is 15.0. The lowest BCUT2D eigenvalue weighted by Gasteiger charge is -2.10. The van der Waals surface area contributed by atoms with Gasteiger partial charge in [-0.05, 0) is 44.8 Å². The molecule has 1 rings (SSSR count). The second-order valence-corrected chi connectivity index (χ2v) is 5.16. The summed E-state index contributed by atoms with van der Waals surface area (Å²) in [5.41, 5.74) is 0.892. The molecular formula is C14H20ClN3O2. The number of amides is 2. The lowest BCUT2D eigenvalue weighted by molar-refractivity contribution is -0.139. The van der Waals surface area contributed by atoms with Gasteiger partial charge < -0.3 is 15.5 Å². The molecule has 0 aromatic heterocycles. The number of hydrogen-bond acceptors (Lipinski definition) is 3. The monoisotopic (exact) mass is 297 g/mol. The number of nitrogens with zero attached hydrogens (tertiary/aromatic N) is 1. The van der Waals surface area contributed by atoms with Gasteiger partial charge in [0.25, 0.3) is 0 Å². The fourth-order valence-corrected chi connectivity index (χ4v) is 1.67. The Morgan fingerprint density at radius 2 is 1.70 bits per heavy atom. The number of carbonyl (C=O) groups excluding carboxylic acids is 2. The Balaban J connectivity index is 2.24. The average Bonchev–Trinajstić information content (AvgIpc) is 2.42. The van der Waals surface area contributed by atoms with Gasteiger partial charge in [-0.25, -0.2) is 0 Å².